The fourth-order valence-corrected chi connectivity index (χ4v) is 7.62. The van der Waals surface area contributed by atoms with Crippen molar-refractivity contribution in [2.24, 2.45) is 0 Å². The smallest absolute Gasteiger partial charge is 0.320 e. The van der Waals surface area contributed by atoms with Gasteiger partial charge in [0, 0.05) is 48.6 Å². The third kappa shape index (κ3) is 5.39. The lowest BCUT2D eigenvalue weighted by molar-refractivity contribution is -0.131. The zero-order valence-corrected chi connectivity index (χ0v) is 25.9. The summed E-state index contributed by atoms with van der Waals surface area (Å²) in [6, 6.07) is 17.1. The van der Waals surface area contributed by atoms with Crippen LogP contribution in [-0.4, -0.2) is 87.7 Å². The maximum atomic E-state index is 14.5. The molecule has 3 fully saturated rings. The van der Waals surface area contributed by atoms with Gasteiger partial charge in [-0.05, 0) is 43.0 Å². The van der Waals surface area contributed by atoms with Crippen LogP contribution in [0.2, 0.25) is 5.02 Å². The Bertz CT molecular complexity index is 1900. The van der Waals surface area contributed by atoms with Crippen LogP contribution in [0, 0.1) is 11.3 Å². The molecule has 5 heterocycles. The first-order chi connectivity index (χ1) is 22.3. The van der Waals surface area contributed by atoms with E-state index in [2.05, 4.69) is 17.5 Å². The van der Waals surface area contributed by atoms with Crippen molar-refractivity contribution in [2.75, 3.05) is 44.2 Å². The number of benzene rings is 2. The zero-order chi connectivity index (χ0) is 32.0. The number of nitrogens with zero attached hydrogens (tertiary/aromatic N) is 7. The molecule has 0 unspecified atom stereocenters. The van der Waals surface area contributed by atoms with Gasteiger partial charge in [-0.1, -0.05) is 48.5 Å². The van der Waals surface area contributed by atoms with Gasteiger partial charge in [-0.2, -0.15) is 15.2 Å². The summed E-state index contributed by atoms with van der Waals surface area (Å²) in [6.45, 7) is 5.38. The zero-order valence-electron chi connectivity index (χ0n) is 25.1. The minimum absolute atomic E-state index is 0.00881. The van der Waals surface area contributed by atoms with E-state index in [1.54, 1.807) is 0 Å². The molecule has 1 amide bonds. The van der Waals surface area contributed by atoms with Gasteiger partial charge in [0.2, 0.25) is 0 Å². The maximum absolute atomic E-state index is 14.5. The summed E-state index contributed by atoms with van der Waals surface area (Å²) in [6.07, 6.45) is 1.33. The summed E-state index contributed by atoms with van der Waals surface area (Å²) < 4.78 is 34.6. The fourth-order valence-electron chi connectivity index (χ4n) is 7.34. The number of hydrogen-bond acceptors (Lipinski definition) is 8. The lowest BCUT2D eigenvalue weighted by atomic mass is 9.95. The second-order valence-electron chi connectivity index (χ2n) is 12.3. The Morgan fingerprint density at radius 1 is 1.11 bits per heavy atom. The van der Waals surface area contributed by atoms with E-state index in [-0.39, 0.29) is 32.1 Å². The molecule has 3 saturated heterocycles. The molecular formula is C34H32ClF2N7O2. The Kier molecular flexibility index (Phi) is 7.95. The molecule has 46 heavy (non-hydrogen) atoms. The van der Waals surface area contributed by atoms with Gasteiger partial charge in [-0.25, -0.2) is 13.8 Å². The normalized spacial score (nSPS) is 23.1. The number of hydrogen-bond donors (Lipinski definition) is 0. The van der Waals surface area contributed by atoms with Crippen molar-refractivity contribution in [1.29, 1.82) is 5.26 Å². The van der Waals surface area contributed by atoms with Crippen molar-refractivity contribution in [3.05, 3.63) is 66.0 Å². The van der Waals surface area contributed by atoms with Crippen molar-refractivity contribution in [3.8, 4) is 23.3 Å². The first-order valence-corrected chi connectivity index (χ1v) is 15.8. The molecular weight excluding hydrogens is 612 g/mol. The van der Waals surface area contributed by atoms with E-state index >= 15 is 0 Å². The van der Waals surface area contributed by atoms with E-state index in [1.807, 2.05) is 53.4 Å². The Hall–Kier alpha value is -4.40. The van der Waals surface area contributed by atoms with Gasteiger partial charge in [0.1, 0.15) is 18.6 Å². The lowest BCUT2D eigenvalue weighted by Gasteiger charge is -2.41. The molecule has 12 heteroatoms. The highest BCUT2D eigenvalue weighted by molar-refractivity contribution is 6.36. The van der Waals surface area contributed by atoms with Crippen LogP contribution in [0.3, 0.4) is 0 Å². The molecule has 2 aromatic carbocycles. The first kappa shape index (κ1) is 30.3. The van der Waals surface area contributed by atoms with Crippen molar-refractivity contribution in [3.63, 3.8) is 0 Å². The number of fused-ring (bicyclic) bond motifs is 3. The summed E-state index contributed by atoms with van der Waals surface area (Å²) in [5.41, 5.74) is 1.51. The predicted octanol–water partition coefficient (Wildman–Crippen LogP) is 5.87. The molecule has 9 nitrogen and oxygen atoms in total. The van der Waals surface area contributed by atoms with Gasteiger partial charge in [0.05, 0.1) is 35.2 Å². The number of pyridine rings is 1. The second kappa shape index (κ2) is 12.1. The quantitative estimate of drug-likeness (QED) is 0.231. The number of anilines is 1. The van der Waals surface area contributed by atoms with Gasteiger partial charge in [-0.3, -0.25) is 9.69 Å². The first-order valence-electron chi connectivity index (χ1n) is 15.4. The number of rotatable bonds is 7. The summed E-state index contributed by atoms with van der Waals surface area (Å²) in [5, 5.41) is 12.6. The second-order valence-corrected chi connectivity index (χ2v) is 12.7. The molecule has 3 aliphatic rings. The number of piperazine rings is 1. The van der Waals surface area contributed by atoms with E-state index in [1.165, 1.54) is 4.90 Å². The van der Waals surface area contributed by atoms with E-state index in [9.17, 15) is 18.8 Å². The Labute approximate surface area is 270 Å². The minimum Gasteiger partial charge on any atom is -0.461 e. The van der Waals surface area contributed by atoms with Gasteiger partial charge >= 0.3 is 6.01 Å². The van der Waals surface area contributed by atoms with Crippen LogP contribution in [0.5, 0.6) is 6.01 Å². The number of carbonyl (C=O) groups excluding carboxylic acids is 1. The lowest BCUT2D eigenvalue weighted by Crippen LogP contribution is -2.55. The van der Waals surface area contributed by atoms with Crippen LogP contribution in [0.4, 0.5) is 14.6 Å². The van der Waals surface area contributed by atoms with Gasteiger partial charge in [0.25, 0.3) is 5.91 Å². The van der Waals surface area contributed by atoms with Crippen LogP contribution < -0.4 is 9.64 Å². The van der Waals surface area contributed by atoms with Crippen molar-refractivity contribution < 1.29 is 18.3 Å². The fraction of sp³-hybridized carbons (Fsp3) is 0.382. The highest BCUT2D eigenvalue weighted by atomic mass is 35.5. The molecule has 0 N–H and O–H groups in total. The van der Waals surface area contributed by atoms with Gasteiger partial charge in [0.15, 0.2) is 11.5 Å². The summed E-state index contributed by atoms with van der Waals surface area (Å²) in [5.74, 6) is -1.35. The van der Waals surface area contributed by atoms with Crippen molar-refractivity contribution >= 4 is 45.1 Å². The molecule has 7 rings (SSSR count). The highest BCUT2D eigenvalue weighted by Gasteiger charge is 2.49. The summed E-state index contributed by atoms with van der Waals surface area (Å²) >= 11 is 6.64. The number of amides is 1. The monoisotopic (exact) mass is 643 g/mol. The topological polar surface area (TPSA) is 98.5 Å². The number of halogens is 3. The SMILES string of the molecule is C=C(F)C(=O)N1CCN(c2nc(OC[C@@]34CCCN3C[C@H](F)C4)nc3nc(-c4cccc5cccc(Cl)c45)ccc23)C[C@@H]1CC#N. The molecule has 3 aliphatic heterocycles. The Morgan fingerprint density at radius 3 is 2.74 bits per heavy atom. The van der Waals surface area contributed by atoms with Crippen LogP contribution >= 0.6 is 11.6 Å². The molecule has 236 valence electrons. The molecule has 4 aromatic rings. The van der Waals surface area contributed by atoms with Gasteiger partial charge < -0.3 is 14.5 Å². The largest absolute Gasteiger partial charge is 0.461 e. The van der Waals surface area contributed by atoms with E-state index in [4.69, 9.17) is 31.3 Å². The maximum Gasteiger partial charge on any atom is 0.320 e. The molecule has 0 bridgehead atoms. The average molecular weight is 644 g/mol. The summed E-state index contributed by atoms with van der Waals surface area (Å²) in [4.78, 5) is 32.5. The van der Waals surface area contributed by atoms with Crippen molar-refractivity contribution in [1.82, 2.24) is 24.8 Å². The molecule has 0 aliphatic carbocycles. The number of nitriles is 1. The van der Waals surface area contributed by atoms with Crippen LogP contribution in [0.1, 0.15) is 25.7 Å². The third-order valence-electron chi connectivity index (χ3n) is 9.48. The predicted molar refractivity (Wildman–Crippen MR) is 172 cm³/mol. The van der Waals surface area contributed by atoms with Crippen LogP contribution in [-0.2, 0) is 4.79 Å². The van der Waals surface area contributed by atoms with Gasteiger partial charge in [-0.15, -0.1) is 0 Å². The number of alkyl halides is 1. The van der Waals surface area contributed by atoms with E-state index in [0.717, 1.165) is 35.7 Å². The molecule has 0 spiro atoms. The van der Waals surface area contributed by atoms with E-state index in [0.29, 0.717) is 47.1 Å². The Morgan fingerprint density at radius 2 is 1.93 bits per heavy atom. The standard InChI is InChI=1S/C34H32ClF2N7O2/c1-21(36)32(45)44-16-15-42(19-24(44)11-13-38)31-26-9-10-28(25-7-2-5-22-6-3-8-27(35)29(22)25)39-30(26)40-33(41-31)46-20-34-12-4-14-43(34)18-23(37)17-34/h2-3,5-10,23-24H,1,4,11-12,14-20H2/t23-,24+,34+/m1/s1. The Balaban J connectivity index is 1.29. The third-order valence-corrected chi connectivity index (χ3v) is 9.80. The van der Waals surface area contributed by atoms with E-state index < -0.39 is 29.5 Å². The van der Waals surface area contributed by atoms with Crippen LogP contribution in [0.15, 0.2) is 60.9 Å². The van der Waals surface area contributed by atoms with Crippen LogP contribution in [0.25, 0.3) is 33.1 Å². The molecule has 0 radical (unpaired) electrons. The average Bonchev–Trinajstić information content (AvgIpc) is 3.58. The van der Waals surface area contributed by atoms with Crippen molar-refractivity contribution in [2.45, 2.75) is 43.4 Å². The number of carbonyl (C=O) groups is 1. The highest BCUT2D eigenvalue weighted by Crippen LogP contribution is 2.41. The molecule has 0 saturated carbocycles. The summed E-state index contributed by atoms with van der Waals surface area (Å²) in [7, 11) is 0. The molecule has 3 atom stereocenters. The minimum atomic E-state index is -1.06. The number of aromatic nitrogens is 3. The number of ether oxygens (including phenoxy) is 1. The molecule has 2 aromatic heterocycles.